The molecule has 0 aromatic carbocycles. The number of hydrogen-bond acceptors (Lipinski definition) is 5. The molecule has 0 unspecified atom stereocenters. The van der Waals surface area contributed by atoms with Gasteiger partial charge in [-0.05, 0) is 32.3 Å². The highest BCUT2D eigenvalue weighted by atomic mass is 16.5. The molecule has 1 saturated heterocycles. The lowest BCUT2D eigenvalue weighted by atomic mass is 9.96. The molecule has 1 aliphatic heterocycles. The molecule has 21 heavy (non-hydrogen) atoms. The van der Waals surface area contributed by atoms with E-state index in [1.54, 1.807) is 10.9 Å². The van der Waals surface area contributed by atoms with Gasteiger partial charge in [0.05, 0.1) is 6.20 Å². The highest BCUT2D eigenvalue weighted by Crippen LogP contribution is 2.26. The van der Waals surface area contributed by atoms with E-state index in [1.807, 2.05) is 24.9 Å². The summed E-state index contributed by atoms with van der Waals surface area (Å²) in [5.74, 6) is 1.15. The Morgan fingerprint density at radius 2 is 2.19 bits per heavy atom. The zero-order valence-corrected chi connectivity index (χ0v) is 12.3. The van der Waals surface area contributed by atoms with E-state index >= 15 is 0 Å². The fraction of sp³-hybridized carbons (Fsp3) is 0.571. The van der Waals surface area contributed by atoms with Gasteiger partial charge in [0.1, 0.15) is 6.04 Å². The Balaban J connectivity index is 1.60. The van der Waals surface area contributed by atoms with E-state index in [-0.39, 0.29) is 17.9 Å². The first-order valence-electron chi connectivity index (χ1n) is 7.21. The van der Waals surface area contributed by atoms with Gasteiger partial charge >= 0.3 is 0 Å². The van der Waals surface area contributed by atoms with Crippen molar-refractivity contribution in [2.45, 2.75) is 38.6 Å². The highest BCUT2D eigenvalue weighted by Gasteiger charge is 2.29. The molecule has 0 saturated carbocycles. The molecule has 112 valence electrons. The average molecular weight is 289 g/mol. The van der Waals surface area contributed by atoms with Crippen LogP contribution in [-0.2, 0) is 4.79 Å². The lowest BCUT2D eigenvalue weighted by Gasteiger charge is -2.32. The van der Waals surface area contributed by atoms with Crippen molar-refractivity contribution in [2.24, 2.45) is 0 Å². The summed E-state index contributed by atoms with van der Waals surface area (Å²) in [5.41, 5.74) is 1.06. The second-order valence-corrected chi connectivity index (χ2v) is 5.56. The van der Waals surface area contributed by atoms with Crippen LogP contribution in [-0.4, -0.2) is 43.8 Å². The van der Waals surface area contributed by atoms with Crippen LogP contribution in [0.15, 0.2) is 23.3 Å². The highest BCUT2D eigenvalue weighted by molar-refractivity contribution is 5.80. The van der Waals surface area contributed by atoms with E-state index in [2.05, 4.69) is 15.2 Å². The predicted molar refractivity (Wildman–Crippen MR) is 74.5 cm³/mol. The molecule has 3 rings (SSSR count). The summed E-state index contributed by atoms with van der Waals surface area (Å²) in [4.78, 5) is 18.5. The van der Waals surface area contributed by atoms with Crippen LogP contribution >= 0.6 is 0 Å². The first-order chi connectivity index (χ1) is 10.1. The van der Waals surface area contributed by atoms with Gasteiger partial charge in [0.15, 0.2) is 5.82 Å². The number of hydrogen-bond donors (Lipinski definition) is 0. The van der Waals surface area contributed by atoms with Crippen LogP contribution in [0.1, 0.15) is 43.1 Å². The van der Waals surface area contributed by atoms with Crippen molar-refractivity contribution in [1.82, 2.24) is 24.8 Å². The van der Waals surface area contributed by atoms with Crippen LogP contribution in [0.25, 0.3) is 0 Å². The van der Waals surface area contributed by atoms with Crippen molar-refractivity contribution in [2.75, 3.05) is 13.1 Å². The number of nitrogens with zero attached hydrogens (tertiary/aromatic N) is 5. The van der Waals surface area contributed by atoms with Crippen molar-refractivity contribution >= 4 is 5.91 Å². The Morgan fingerprint density at radius 1 is 1.43 bits per heavy atom. The number of aryl methyl sites for hydroxylation is 1. The molecule has 1 amide bonds. The van der Waals surface area contributed by atoms with E-state index in [9.17, 15) is 4.79 Å². The molecular formula is C14H19N5O2. The van der Waals surface area contributed by atoms with Gasteiger partial charge in [-0.3, -0.25) is 9.48 Å². The number of amides is 1. The number of carbonyl (C=O) groups excluding carboxylic acids is 1. The second kappa shape index (κ2) is 5.67. The molecule has 3 heterocycles. The minimum Gasteiger partial charge on any atom is -0.343 e. The quantitative estimate of drug-likeness (QED) is 0.856. The van der Waals surface area contributed by atoms with Gasteiger partial charge in [-0.25, -0.2) is 0 Å². The number of likely N-dealkylation sites (tertiary alicyclic amines) is 1. The molecule has 2 aromatic rings. The summed E-state index contributed by atoms with van der Waals surface area (Å²) < 4.78 is 6.51. The number of rotatable bonds is 3. The van der Waals surface area contributed by atoms with Gasteiger partial charge in [-0.1, -0.05) is 5.16 Å². The smallest absolute Gasteiger partial charge is 0.247 e. The maximum Gasteiger partial charge on any atom is 0.247 e. The van der Waals surface area contributed by atoms with E-state index in [4.69, 9.17) is 4.52 Å². The molecular weight excluding hydrogens is 270 g/mol. The van der Waals surface area contributed by atoms with Crippen LogP contribution < -0.4 is 0 Å². The lowest BCUT2D eigenvalue weighted by molar-refractivity contribution is -0.135. The maximum absolute atomic E-state index is 12.5. The van der Waals surface area contributed by atoms with Crippen LogP contribution in [0.5, 0.6) is 0 Å². The van der Waals surface area contributed by atoms with Crippen molar-refractivity contribution in [1.29, 1.82) is 0 Å². The molecule has 0 aliphatic carbocycles. The molecule has 1 aliphatic rings. The fourth-order valence-corrected chi connectivity index (χ4v) is 2.74. The van der Waals surface area contributed by atoms with Crippen molar-refractivity contribution in [3.8, 4) is 0 Å². The molecule has 1 atom stereocenters. The van der Waals surface area contributed by atoms with Crippen molar-refractivity contribution in [3.05, 3.63) is 30.2 Å². The molecule has 2 aromatic heterocycles. The van der Waals surface area contributed by atoms with Gasteiger partial charge < -0.3 is 9.42 Å². The van der Waals surface area contributed by atoms with E-state index in [0.717, 1.165) is 37.3 Å². The van der Waals surface area contributed by atoms with E-state index in [0.29, 0.717) is 0 Å². The summed E-state index contributed by atoms with van der Waals surface area (Å²) >= 11 is 0. The second-order valence-electron chi connectivity index (χ2n) is 5.56. The van der Waals surface area contributed by atoms with Gasteiger partial charge in [-0.15, -0.1) is 0 Å². The maximum atomic E-state index is 12.5. The van der Waals surface area contributed by atoms with E-state index in [1.165, 1.54) is 6.39 Å². The predicted octanol–water partition coefficient (Wildman–Crippen LogP) is 1.54. The Morgan fingerprint density at radius 3 is 2.76 bits per heavy atom. The Hall–Kier alpha value is -2.18. The van der Waals surface area contributed by atoms with Gasteiger partial charge in [0, 0.05) is 25.2 Å². The summed E-state index contributed by atoms with van der Waals surface area (Å²) in [5, 5.41) is 8.12. The first-order valence-corrected chi connectivity index (χ1v) is 7.21. The van der Waals surface area contributed by atoms with Crippen molar-refractivity contribution in [3.63, 3.8) is 0 Å². The SMILES string of the molecule is Cc1cnn([C@@H](C)C(=O)N2CCC(c3ncon3)CC2)c1. The topological polar surface area (TPSA) is 77.0 Å². The molecule has 0 bridgehead atoms. The molecule has 7 nitrogen and oxygen atoms in total. The fourth-order valence-electron chi connectivity index (χ4n) is 2.74. The number of carbonyl (C=O) groups is 1. The van der Waals surface area contributed by atoms with Crippen LogP contribution in [0.3, 0.4) is 0 Å². The van der Waals surface area contributed by atoms with E-state index < -0.39 is 0 Å². The summed E-state index contributed by atoms with van der Waals surface area (Å²) in [7, 11) is 0. The summed E-state index contributed by atoms with van der Waals surface area (Å²) in [6, 6.07) is -0.263. The largest absolute Gasteiger partial charge is 0.343 e. The molecule has 1 fully saturated rings. The minimum absolute atomic E-state index is 0.115. The Bertz CT molecular complexity index is 599. The third-order valence-corrected chi connectivity index (χ3v) is 4.03. The summed E-state index contributed by atoms with van der Waals surface area (Å²) in [6.07, 6.45) is 6.77. The third-order valence-electron chi connectivity index (χ3n) is 4.03. The zero-order valence-electron chi connectivity index (χ0n) is 12.3. The number of piperidine rings is 1. The summed E-state index contributed by atoms with van der Waals surface area (Å²) in [6.45, 7) is 5.31. The minimum atomic E-state index is -0.263. The first kappa shape index (κ1) is 13.8. The number of aromatic nitrogens is 4. The average Bonchev–Trinajstić information content (AvgIpc) is 3.17. The van der Waals surface area contributed by atoms with Crippen LogP contribution in [0.4, 0.5) is 0 Å². The zero-order chi connectivity index (χ0) is 14.8. The van der Waals surface area contributed by atoms with Crippen LogP contribution in [0.2, 0.25) is 0 Å². The van der Waals surface area contributed by atoms with Gasteiger partial charge in [-0.2, -0.15) is 10.1 Å². The monoisotopic (exact) mass is 289 g/mol. The Labute approximate surface area is 122 Å². The third kappa shape index (κ3) is 2.81. The molecule has 0 N–H and O–H groups in total. The van der Waals surface area contributed by atoms with Crippen LogP contribution in [0, 0.1) is 6.92 Å². The lowest BCUT2D eigenvalue weighted by Crippen LogP contribution is -2.41. The molecule has 0 radical (unpaired) electrons. The van der Waals surface area contributed by atoms with Crippen molar-refractivity contribution < 1.29 is 9.32 Å². The standard InChI is InChI=1S/C14H19N5O2/c1-10-7-16-19(8-10)11(2)14(20)18-5-3-12(4-6-18)13-15-9-21-17-13/h7-9,11-12H,3-6H2,1-2H3/t11-/m0/s1. The van der Waals surface area contributed by atoms with Gasteiger partial charge in [0.25, 0.3) is 0 Å². The molecule has 7 heteroatoms. The molecule has 0 spiro atoms. The Kier molecular flexibility index (Phi) is 3.72. The van der Waals surface area contributed by atoms with Gasteiger partial charge in [0.2, 0.25) is 12.3 Å². The normalized spacial score (nSPS) is 17.9.